The minimum absolute atomic E-state index is 0.464. The third-order valence-electron chi connectivity index (χ3n) is 3.44. The van der Waals surface area contributed by atoms with Gasteiger partial charge in [-0.05, 0) is 18.8 Å². The number of anilines is 2. The Morgan fingerprint density at radius 3 is 2.35 bits per heavy atom. The van der Waals surface area contributed by atoms with Gasteiger partial charge in [0, 0.05) is 19.6 Å². The van der Waals surface area contributed by atoms with E-state index in [0.717, 1.165) is 36.8 Å². The van der Waals surface area contributed by atoms with Crippen LogP contribution >= 0.6 is 0 Å². The van der Waals surface area contributed by atoms with Gasteiger partial charge in [0.1, 0.15) is 6.33 Å². The van der Waals surface area contributed by atoms with E-state index in [9.17, 15) is 0 Å². The van der Waals surface area contributed by atoms with Crippen LogP contribution in [0.5, 0.6) is 5.75 Å². The summed E-state index contributed by atoms with van der Waals surface area (Å²) in [4.78, 5) is 11.1. The van der Waals surface area contributed by atoms with Crippen molar-refractivity contribution in [1.29, 1.82) is 0 Å². The van der Waals surface area contributed by atoms with Gasteiger partial charge in [-0.15, -0.1) is 0 Å². The molecule has 0 radical (unpaired) electrons. The van der Waals surface area contributed by atoms with E-state index in [1.54, 1.807) is 13.4 Å². The Bertz CT molecular complexity index is 405. The van der Waals surface area contributed by atoms with Crippen molar-refractivity contribution in [3.63, 3.8) is 0 Å². The second-order valence-electron chi connectivity index (χ2n) is 5.35. The summed E-state index contributed by atoms with van der Waals surface area (Å²) in [6.07, 6.45) is 3.77. The molecule has 5 nitrogen and oxygen atoms in total. The molecule has 20 heavy (non-hydrogen) atoms. The van der Waals surface area contributed by atoms with Crippen LogP contribution in [0.2, 0.25) is 0 Å². The molecule has 1 aromatic rings. The molecule has 0 aliphatic heterocycles. The minimum atomic E-state index is 0.464. The molecule has 1 rings (SSSR count). The van der Waals surface area contributed by atoms with Gasteiger partial charge in [0.15, 0.2) is 11.6 Å². The molecule has 0 unspecified atom stereocenters. The zero-order valence-corrected chi connectivity index (χ0v) is 13.6. The lowest BCUT2D eigenvalue weighted by atomic mass is 10.1. The monoisotopic (exact) mass is 280 g/mol. The zero-order chi connectivity index (χ0) is 15.1. The molecule has 1 aromatic heterocycles. The average molecular weight is 280 g/mol. The van der Waals surface area contributed by atoms with Gasteiger partial charge < -0.3 is 15.0 Å². The van der Waals surface area contributed by atoms with Crippen LogP contribution in [0.4, 0.5) is 11.6 Å². The van der Waals surface area contributed by atoms with Crippen molar-refractivity contribution in [2.75, 3.05) is 30.9 Å². The highest BCUT2D eigenvalue weighted by molar-refractivity contribution is 5.65. The summed E-state index contributed by atoms with van der Waals surface area (Å²) in [5, 5.41) is 3.07. The van der Waals surface area contributed by atoms with Crippen molar-refractivity contribution in [2.45, 2.75) is 46.6 Å². The highest BCUT2D eigenvalue weighted by Gasteiger charge is 2.23. The molecule has 0 saturated heterocycles. The number of methoxy groups -OCH3 is 1. The number of aromatic nitrogens is 2. The standard InChI is InChI=1S/C15H28N4O/c1-7-12(8-2)19(9-11(3)4)15-13(20-6)14(16-5)17-10-18-15/h10-12H,7-9H2,1-6H3,(H,16,17,18). The van der Waals surface area contributed by atoms with E-state index in [1.165, 1.54) is 0 Å². The molecule has 0 aliphatic rings. The van der Waals surface area contributed by atoms with Gasteiger partial charge in [0.2, 0.25) is 5.75 Å². The van der Waals surface area contributed by atoms with Gasteiger partial charge in [0.05, 0.1) is 7.11 Å². The van der Waals surface area contributed by atoms with Crippen molar-refractivity contribution < 1.29 is 4.74 Å². The molecule has 114 valence electrons. The normalized spacial score (nSPS) is 11.0. The van der Waals surface area contributed by atoms with Crippen LogP contribution in [0.25, 0.3) is 0 Å². The Balaban J connectivity index is 3.25. The molecular formula is C15H28N4O. The fourth-order valence-electron chi connectivity index (χ4n) is 2.47. The van der Waals surface area contributed by atoms with Crippen molar-refractivity contribution >= 4 is 11.6 Å². The second-order valence-corrected chi connectivity index (χ2v) is 5.35. The van der Waals surface area contributed by atoms with Crippen LogP contribution in [-0.4, -0.2) is 36.7 Å². The molecule has 5 heteroatoms. The maximum absolute atomic E-state index is 5.54. The summed E-state index contributed by atoms with van der Waals surface area (Å²) >= 11 is 0. The first-order valence-electron chi connectivity index (χ1n) is 7.42. The molecular weight excluding hydrogens is 252 g/mol. The molecule has 0 spiro atoms. The number of nitrogens with zero attached hydrogens (tertiary/aromatic N) is 3. The smallest absolute Gasteiger partial charge is 0.204 e. The Morgan fingerprint density at radius 2 is 1.90 bits per heavy atom. The summed E-state index contributed by atoms with van der Waals surface area (Å²) in [5.74, 6) is 2.90. The number of rotatable bonds is 8. The molecule has 0 aromatic carbocycles. The minimum Gasteiger partial charge on any atom is -0.490 e. The summed E-state index contributed by atoms with van der Waals surface area (Å²) in [6.45, 7) is 9.84. The molecule has 0 bridgehead atoms. The first-order chi connectivity index (χ1) is 9.58. The lowest BCUT2D eigenvalue weighted by Crippen LogP contribution is -2.38. The number of hydrogen-bond donors (Lipinski definition) is 1. The van der Waals surface area contributed by atoms with Crippen molar-refractivity contribution in [1.82, 2.24) is 9.97 Å². The number of ether oxygens (including phenoxy) is 1. The van der Waals surface area contributed by atoms with Gasteiger partial charge in [-0.25, -0.2) is 9.97 Å². The first kappa shape index (κ1) is 16.5. The summed E-state index contributed by atoms with van der Waals surface area (Å²) in [6, 6.07) is 0.464. The Labute approximate surface area is 122 Å². The molecule has 0 amide bonds. The molecule has 0 saturated carbocycles. The van der Waals surface area contributed by atoms with Crippen molar-refractivity contribution in [3.8, 4) is 5.75 Å². The fourth-order valence-corrected chi connectivity index (χ4v) is 2.47. The maximum Gasteiger partial charge on any atom is 0.204 e. The SMILES string of the molecule is CCC(CC)N(CC(C)C)c1ncnc(NC)c1OC. The van der Waals surface area contributed by atoms with E-state index in [2.05, 4.69) is 47.9 Å². The van der Waals surface area contributed by atoms with Gasteiger partial charge in [0.25, 0.3) is 0 Å². The summed E-state index contributed by atoms with van der Waals surface area (Å²) in [5.41, 5.74) is 0. The Hall–Kier alpha value is -1.52. The molecule has 0 atom stereocenters. The van der Waals surface area contributed by atoms with Crippen LogP contribution < -0.4 is 15.0 Å². The van der Waals surface area contributed by atoms with E-state index >= 15 is 0 Å². The van der Waals surface area contributed by atoms with E-state index in [4.69, 9.17) is 4.74 Å². The highest BCUT2D eigenvalue weighted by atomic mass is 16.5. The molecule has 0 aliphatic carbocycles. The highest BCUT2D eigenvalue weighted by Crippen LogP contribution is 2.34. The predicted molar refractivity (Wildman–Crippen MR) is 84.7 cm³/mol. The topological polar surface area (TPSA) is 50.3 Å². The molecule has 1 N–H and O–H groups in total. The Morgan fingerprint density at radius 1 is 1.25 bits per heavy atom. The van der Waals surface area contributed by atoms with Crippen molar-refractivity contribution in [2.24, 2.45) is 5.92 Å². The number of hydrogen-bond acceptors (Lipinski definition) is 5. The fraction of sp³-hybridized carbons (Fsp3) is 0.733. The lowest BCUT2D eigenvalue weighted by molar-refractivity contribution is 0.406. The summed E-state index contributed by atoms with van der Waals surface area (Å²) in [7, 11) is 3.52. The van der Waals surface area contributed by atoms with Crippen LogP contribution in [-0.2, 0) is 0 Å². The van der Waals surface area contributed by atoms with E-state index in [0.29, 0.717) is 12.0 Å². The zero-order valence-electron chi connectivity index (χ0n) is 13.6. The Kier molecular flexibility index (Phi) is 6.55. The van der Waals surface area contributed by atoms with Gasteiger partial charge in [-0.3, -0.25) is 0 Å². The van der Waals surface area contributed by atoms with E-state index in [-0.39, 0.29) is 0 Å². The van der Waals surface area contributed by atoms with Crippen LogP contribution in [0.15, 0.2) is 6.33 Å². The van der Waals surface area contributed by atoms with Gasteiger partial charge in [-0.2, -0.15) is 0 Å². The number of nitrogens with one attached hydrogen (secondary N) is 1. The van der Waals surface area contributed by atoms with Gasteiger partial charge >= 0.3 is 0 Å². The van der Waals surface area contributed by atoms with Crippen LogP contribution in [0.3, 0.4) is 0 Å². The third kappa shape index (κ3) is 3.74. The lowest BCUT2D eigenvalue weighted by Gasteiger charge is -2.34. The average Bonchev–Trinajstić information content (AvgIpc) is 2.46. The van der Waals surface area contributed by atoms with E-state index in [1.807, 2.05) is 7.05 Å². The second kappa shape index (κ2) is 7.92. The van der Waals surface area contributed by atoms with Crippen molar-refractivity contribution in [3.05, 3.63) is 6.33 Å². The molecule has 1 heterocycles. The largest absolute Gasteiger partial charge is 0.490 e. The predicted octanol–water partition coefficient (Wildman–Crippen LogP) is 3.18. The quantitative estimate of drug-likeness (QED) is 0.792. The third-order valence-corrected chi connectivity index (χ3v) is 3.44. The summed E-state index contributed by atoms with van der Waals surface area (Å²) < 4.78 is 5.54. The van der Waals surface area contributed by atoms with E-state index < -0.39 is 0 Å². The first-order valence-corrected chi connectivity index (χ1v) is 7.42. The van der Waals surface area contributed by atoms with Crippen LogP contribution in [0.1, 0.15) is 40.5 Å². The van der Waals surface area contributed by atoms with Gasteiger partial charge in [-0.1, -0.05) is 27.7 Å². The molecule has 0 fully saturated rings. The van der Waals surface area contributed by atoms with Crippen LogP contribution in [0, 0.1) is 5.92 Å². The maximum atomic E-state index is 5.54.